The number of methoxy groups -OCH3 is 1. The van der Waals surface area contributed by atoms with Gasteiger partial charge in [-0.2, -0.15) is 0 Å². The van der Waals surface area contributed by atoms with Gasteiger partial charge in [-0.05, 0) is 25.1 Å². The number of hydrogen-bond donors (Lipinski definition) is 0. The number of carbonyl (C=O) groups excluding carboxylic acids is 1. The van der Waals surface area contributed by atoms with Crippen molar-refractivity contribution < 1.29 is 18.7 Å². The van der Waals surface area contributed by atoms with Crippen LogP contribution in [0.15, 0.2) is 18.2 Å². The van der Waals surface area contributed by atoms with Crippen molar-refractivity contribution in [2.24, 2.45) is 0 Å². The molecule has 0 atom stereocenters. The first-order chi connectivity index (χ1) is 7.67. The molecule has 1 rings (SSSR count). The summed E-state index contributed by atoms with van der Waals surface area (Å²) in [5.74, 6) is 4.05. The van der Waals surface area contributed by atoms with Crippen LogP contribution in [0.2, 0.25) is 0 Å². The summed E-state index contributed by atoms with van der Waals surface area (Å²) < 4.78 is 22.5. The summed E-state index contributed by atoms with van der Waals surface area (Å²) in [6.45, 7) is 2.25. The summed E-state index contributed by atoms with van der Waals surface area (Å²) >= 11 is 0. The molecule has 0 aliphatic carbocycles. The number of halogens is 1. The standard InChI is InChI=1S/C12H11FO3/c1-3-16-11-6-5-10(13)8-9(11)4-7-12(14)15-2/h5-6,8H,3H2,1-2H3. The molecule has 0 amide bonds. The summed E-state index contributed by atoms with van der Waals surface area (Å²) in [4.78, 5) is 10.8. The number of ether oxygens (including phenoxy) is 2. The quantitative estimate of drug-likeness (QED) is 0.565. The van der Waals surface area contributed by atoms with E-state index in [2.05, 4.69) is 16.6 Å². The Hall–Kier alpha value is -2.02. The molecule has 1 aromatic rings. The molecule has 1 aromatic carbocycles. The maximum absolute atomic E-state index is 13.0. The predicted molar refractivity (Wildman–Crippen MR) is 56.5 cm³/mol. The average molecular weight is 222 g/mol. The molecule has 0 heterocycles. The lowest BCUT2D eigenvalue weighted by atomic mass is 10.2. The fourth-order valence-electron chi connectivity index (χ4n) is 1.05. The van der Waals surface area contributed by atoms with Gasteiger partial charge < -0.3 is 9.47 Å². The number of carbonyl (C=O) groups is 1. The van der Waals surface area contributed by atoms with Crippen LogP contribution in [0.1, 0.15) is 12.5 Å². The lowest BCUT2D eigenvalue weighted by Crippen LogP contribution is -1.97. The third kappa shape index (κ3) is 3.28. The van der Waals surface area contributed by atoms with E-state index >= 15 is 0 Å². The average Bonchev–Trinajstić information content (AvgIpc) is 2.29. The SMILES string of the molecule is CCOc1ccc(F)cc1C#CC(=O)OC. The van der Waals surface area contributed by atoms with Crippen LogP contribution < -0.4 is 4.74 Å². The van der Waals surface area contributed by atoms with Gasteiger partial charge >= 0.3 is 5.97 Å². The van der Waals surface area contributed by atoms with Crippen LogP contribution in [-0.2, 0) is 9.53 Å². The lowest BCUT2D eigenvalue weighted by molar-refractivity contribution is -0.133. The Bertz CT molecular complexity index is 443. The van der Waals surface area contributed by atoms with Crippen molar-refractivity contribution in [2.75, 3.05) is 13.7 Å². The van der Waals surface area contributed by atoms with Crippen LogP contribution in [0.5, 0.6) is 5.75 Å². The van der Waals surface area contributed by atoms with Crippen LogP contribution in [0.3, 0.4) is 0 Å². The van der Waals surface area contributed by atoms with Crippen LogP contribution in [0, 0.1) is 17.7 Å². The molecule has 0 radical (unpaired) electrons. The van der Waals surface area contributed by atoms with E-state index in [1.165, 1.54) is 25.3 Å². The fourth-order valence-corrected chi connectivity index (χ4v) is 1.05. The molecule has 0 N–H and O–H groups in total. The second kappa shape index (κ2) is 5.76. The van der Waals surface area contributed by atoms with Crippen LogP contribution in [0.4, 0.5) is 4.39 Å². The summed E-state index contributed by atoms with van der Waals surface area (Å²) in [5.41, 5.74) is 0.326. The molecule has 0 spiro atoms. The second-order valence-electron chi connectivity index (χ2n) is 2.82. The van der Waals surface area contributed by atoms with Gasteiger partial charge in [0.1, 0.15) is 11.6 Å². The lowest BCUT2D eigenvalue weighted by Gasteiger charge is -2.04. The molecule has 0 aliphatic rings. The fraction of sp³-hybridized carbons (Fsp3) is 0.250. The van der Waals surface area contributed by atoms with Crippen molar-refractivity contribution in [3.63, 3.8) is 0 Å². The van der Waals surface area contributed by atoms with E-state index in [4.69, 9.17) is 4.74 Å². The molecule has 16 heavy (non-hydrogen) atoms. The highest BCUT2D eigenvalue weighted by molar-refractivity contribution is 5.89. The van der Waals surface area contributed by atoms with Gasteiger partial charge in [0, 0.05) is 5.92 Å². The van der Waals surface area contributed by atoms with E-state index in [0.29, 0.717) is 17.9 Å². The number of rotatable bonds is 2. The van der Waals surface area contributed by atoms with Crippen LogP contribution >= 0.6 is 0 Å². The van der Waals surface area contributed by atoms with Gasteiger partial charge in [0.2, 0.25) is 0 Å². The Balaban J connectivity index is 3.03. The maximum Gasteiger partial charge on any atom is 0.384 e. The van der Waals surface area contributed by atoms with Crippen molar-refractivity contribution in [1.29, 1.82) is 0 Å². The summed E-state index contributed by atoms with van der Waals surface area (Å²) in [5, 5.41) is 0. The minimum absolute atomic E-state index is 0.326. The summed E-state index contributed by atoms with van der Waals surface area (Å²) in [6.07, 6.45) is 0. The van der Waals surface area contributed by atoms with E-state index in [1.54, 1.807) is 6.92 Å². The number of benzene rings is 1. The Morgan fingerprint density at radius 1 is 1.50 bits per heavy atom. The van der Waals surface area contributed by atoms with Gasteiger partial charge in [0.25, 0.3) is 0 Å². The predicted octanol–water partition coefficient (Wildman–Crippen LogP) is 1.75. The smallest absolute Gasteiger partial charge is 0.384 e. The van der Waals surface area contributed by atoms with E-state index in [1.807, 2.05) is 0 Å². The Morgan fingerprint density at radius 3 is 2.88 bits per heavy atom. The number of esters is 1. The van der Waals surface area contributed by atoms with E-state index in [0.717, 1.165) is 0 Å². The normalized spacial score (nSPS) is 8.94. The molecular formula is C12H11FO3. The van der Waals surface area contributed by atoms with E-state index in [-0.39, 0.29) is 0 Å². The monoisotopic (exact) mass is 222 g/mol. The van der Waals surface area contributed by atoms with Crippen LogP contribution in [-0.4, -0.2) is 19.7 Å². The zero-order valence-corrected chi connectivity index (χ0v) is 9.04. The molecule has 0 saturated heterocycles. The number of hydrogen-bond acceptors (Lipinski definition) is 3. The zero-order valence-electron chi connectivity index (χ0n) is 9.04. The minimum Gasteiger partial charge on any atom is -0.493 e. The summed E-state index contributed by atoms with van der Waals surface area (Å²) in [6, 6.07) is 3.95. The summed E-state index contributed by atoms with van der Waals surface area (Å²) in [7, 11) is 1.23. The third-order valence-corrected chi connectivity index (χ3v) is 1.73. The highest BCUT2D eigenvalue weighted by Gasteiger charge is 2.02. The first-order valence-corrected chi connectivity index (χ1v) is 4.69. The largest absolute Gasteiger partial charge is 0.493 e. The maximum atomic E-state index is 13.0. The molecule has 0 aliphatic heterocycles. The Kier molecular flexibility index (Phi) is 4.34. The van der Waals surface area contributed by atoms with Crippen LogP contribution in [0.25, 0.3) is 0 Å². The highest BCUT2D eigenvalue weighted by Crippen LogP contribution is 2.18. The first kappa shape index (κ1) is 12.1. The highest BCUT2D eigenvalue weighted by atomic mass is 19.1. The molecule has 0 saturated carbocycles. The van der Waals surface area contributed by atoms with Crippen molar-refractivity contribution in [3.05, 3.63) is 29.6 Å². The molecule has 4 heteroatoms. The van der Waals surface area contributed by atoms with Gasteiger partial charge in [-0.15, -0.1) is 0 Å². The van der Waals surface area contributed by atoms with Crippen molar-refractivity contribution in [3.8, 4) is 17.6 Å². The van der Waals surface area contributed by atoms with Crippen molar-refractivity contribution in [1.82, 2.24) is 0 Å². The molecular weight excluding hydrogens is 211 g/mol. The minimum atomic E-state index is -0.674. The molecule has 0 aromatic heterocycles. The Labute approximate surface area is 93.2 Å². The molecule has 0 unspecified atom stereocenters. The van der Waals surface area contributed by atoms with Crippen molar-refractivity contribution >= 4 is 5.97 Å². The molecule has 0 bridgehead atoms. The first-order valence-electron chi connectivity index (χ1n) is 4.69. The van der Waals surface area contributed by atoms with Gasteiger partial charge in [-0.25, -0.2) is 9.18 Å². The third-order valence-electron chi connectivity index (χ3n) is 1.73. The van der Waals surface area contributed by atoms with Gasteiger partial charge in [-0.3, -0.25) is 0 Å². The van der Waals surface area contributed by atoms with Gasteiger partial charge in [-0.1, -0.05) is 5.92 Å². The molecule has 3 nitrogen and oxygen atoms in total. The molecule has 84 valence electrons. The molecule has 0 fully saturated rings. The Morgan fingerprint density at radius 2 is 2.25 bits per heavy atom. The topological polar surface area (TPSA) is 35.5 Å². The van der Waals surface area contributed by atoms with E-state index < -0.39 is 11.8 Å². The van der Waals surface area contributed by atoms with Gasteiger partial charge in [0.15, 0.2) is 0 Å². The second-order valence-corrected chi connectivity index (χ2v) is 2.82. The van der Waals surface area contributed by atoms with Gasteiger partial charge in [0.05, 0.1) is 19.3 Å². The van der Waals surface area contributed by atoms with E-state index in [9.17, 15) is 9.18 Å². The zero-order chi connectivity index (χ0) is 12.0. The van der Waals surface area contributed by atoms with Crippen molar-refractivity contribution in [2.45, 2.75) is 6.92 Å².